The van der Waals surface area contributed by atoms with E-state index in [1.165, 1.54) is 38.3 Å². The summed E-state index contributed by atoms with van der Waals surface area (Å²) in [6, 6.07) is 5.76. The molecule has 1 unspecified atom stereocenters. The van der Waals surface area contributed by atoms with Gasteiger partial charge in [-0.1, -0.05) is 11.6 Å². The number of halogens is 5. The van der Waals surface area contributed by atoms with Crippen LogP contribution in [0.4, 0.5) is 17.6 Å². The van der Waals surface area contributed by atoms with Gasteiger partial charge in [-0.2, -0.15) is 13.2 Å². The molecule has 0 saturated carbocycles. The lowest BCUT2D eigenvalue weighted by atomic mass is 10.1. The highest BCUT2D eigenvalue weighted by atomic mass is 35.5. The zero-order valence-corrected chi connectivity index (χ0v) is 14.9. The van der Waals surface area contributed by atoms with Gasteiger partial charge >= 0.3 is 12.1 Å². The van der Waals surface area contributed by atoms with Gasteiger partial charge in [-0.25, -0.2) is 14.2 Å². The van der Waals surface area contributed by atoms with Crippen LogP contribution in [0.25, 0.3) is 0 Å². The Labute approximate surface area is 156 Å². The molecule has 0 spiro atoms. The largest absolute Gasteiger partial charge is 0.479 e. The molecule has 27 heavy (non-hydrogen) atoms. The predicted molar refractivity (Wildman–Crippen MR) is 87.7 cm³/mol. The lowest BCUT2D eigenvalue weighted by Crippen LogP contribution is -2.24. The molecule has 1 aromatic carbocycles. The molecule has 0 fully saturated rings. The van der Waals surface area contributed by atoms with E-state index in [1.807, 2.05) is 0 Å². The Morgan fingerprint density at radius 3 is 2.33 bits per heavy atom. The van der Waals surface area contributed by atoms with E-state index < -0.39 is 41.1 Å². The third-order valence-electron chi connectivity index (χ3n) is 3.41. The number of methoxy groups -OCH3 is 1. The molecule has 1 atom stereocenters. The van der Waals surface area contributed by atoms with Crippen LogP contribution in [-0.4, -0.2) is 24.2 Å². The summed E-state index contributed by atoms with van der Waals surface area (Å²) in [5.41, 5.74) is -2.01. The van der Waals surface area contributed by atoms with E-state index in [0.29, 0.717) is 11.9 Å². The van der Waals surface area contributed by atoms with Crippen LogP contribution < -0.4 is 9.47 Å². The van der Waals surface area contributed by atoms with Crippen molar-refractivity contribution >= 4 is 17.6 Å². The maximum Gasteiger partial charge on any atom is 0.418 e. The molecule has 5 nitrogen and oxygen atoms in total. The number of nitrogens with zero attached hydrogens (tertiary/aromatic N) is 1. The fraction of sp³-hybridized carbons (Fsp3) is 0.294. The fourth-order valence-corrected chi connectivity index (χ4v) is 2.31. The molecule has 0 saturated heterocycles. The lowest BCUT2D eigenvalue weighted by molar-refractivity contribution is -0.148. The van der Waals surface area contributed by atoms with Gasteiger partial charge < -0.3 is 14.2 Å². The molecule has 1 aromatic heterocycles. The van der Waals surface area contributed by atoms with E-state index in [1.54, 1.807) is 0 Å². The van der Waals surface area contributed by atoms with Crippen molar-refractivity contribution in [2.45, 2.75) is 25.9 Å². The van der Waals surface area contributed by atoms with Gasteiger partial charge in [0.25, 0.3) is 0 Å². The van der Waals surface area contributed by atoms with Crippen LogP contribution in [0.15, 0.2) is 30.5 Å². The first-order valence-electron chi connectivity index (χ1n) is 7.50. The van der Waals surface area contributed by atoms with Gasteiger partial charge in [0.15, 0.2) is 6.10 Å². The molecule has 0 bridgehead atoms. The zero-order chi connectivity index (χ0) is 20.2. The summed E-state index contributed by atoms with van der Waals surface area (Å²) in [5, 5.41) is -0.563. The molecule has 0 amide bonds. The van der Waals surface area contributed by atoms with Gasteiger partial charge in [0.1, 0.15) is 23.2 Å². The predicted octanol–water partition coefficient (Wildman–Crippen LogP) is 4.96. The van der Waals surface area contributed by atoms with Crippen LogP contribution >= 0.6 is 11.6 Å². The summed E-state index contributed by atoms with van der Waals surface area (Å²) >= 11 is 5.82. The van der Waals surface area contributed by atoms with E-state index >= 15 is 0 Å². The van der Waals surface area contributed by atoms with E-state index in [2.05, 4.69) is 9.72 Å². The van der Waals surface area contributed by atoms with Gasteiger partial charge in [-0.05, 0) is 31.2 Å². The van der Waals surface area contributed by atoms with Gasteiger partial charge in [-0.3, -0.25) is 0 Å². The highest BCUT2D eigenvalue weighted by Crippen LogP contribution is 2.39. The monoisotopic (exact) mass is 407 g/mol. The maximum absolute atomic E-state index is 13.0. The molecular formula is C17H14ClF4NO4. The highest BCUT2D eigenvalue weighted by molar-refractivity contribution is 6.32. The molecular weight excluding hydrogens is 394 g/mol. The number of benzene rings is 1. The highest BCUT2D eigenvalue weighted by Gasteiger charge is 2.36. The molecule has 1 heterocycles. The summed E-state index contributed by atoms with van der Waals surface area (Å²) in [6.45, 7) is 0.0748. The van der Waals surface area contributed by atoms with Crippen LogP contribution in [-0.2, 0) is 22.4 Å². The zero-order valence-electron chi connectivity index (χ0n) is 14.1. The first-order chi connectivity index (χ1) is 12.7. The second-order valence-electron chi connectivity index (χ2n) is 5.26. The summed E-state index contributed by atoms with van der Waals surface area (Å²) < 4.78 is 66.8. The number of esters is 1. The molecule has 2 aromatic rings. The van der Waals surface area contributed by atoms with Crippen LogP contribution in [0, 0.1) is 0 Å². The van der Waals surface area contributed by atoms with Gasteiger partial charge in [-0.15, -0.1) is 0 Å². The van der Waals surface area contributed by atoms with Crippen LogP contribution in [0.1, 0.15) is 18.1 Å². The number of carbonyl (C=O) groups excluding carboxylic acids is 1. The summed E-state index contributed by atoms with van der Waals surface area (Å²) in [5.74, 6) is -0.424. The number of hydrogen-bond donors (Lipinski definition) is 0. The Hall–Kier alpha value is -2.55. The third-order valence-corrected chi connectivity index (χ3v) is 3.80. The van der Waals surface area contributed by atoms with Crippen molar-refractivity contribution in [3.05, 3.63) is 46.6 Å². The molecule has 10 heteroatoms. The average Bonchev–Trinajstić information content (AvgIpc) is 2.63. The van der Waals surface area contributed by atoms with Crippen molar-refractivity contribution in [2.75, 3.05) is 7.11 Å². The maximum atomic E-state index is 13.0. The molecule has 146 valence electrons. The number of alkyl halides is 4. The fourth-order valence-electron chi connectivity index (χ4n) is 2.07. The normalized spacial score (nSPS) is 12.4. The van der Waals surface area contributed by atoms with E-state index in [9.17, 15) is 22.4 Å². The Morgan fingerprint density at radius 1 is 1.22 bits per heavy atom. The standard InChI is InChI=1S/C17H14ClF4NO4/c1-9(16(24)25-2)26-10-3-5-11(6-4-10)27-15-14(18)12(7-19)13(8-23-15)17(20,21)22/h3-6,8-9H,7H2,1-2H3. The Bertz CT molecular complexity index is 812. The summed E-state index contributed by atoms with van der Waals surface area (Å²) in [6.07, 6.45) is -5.16. The third kappa shape index (κ3) is 5.00. The van der Waals surface area contributed by atoms with Crippen LogP contribution in [0.3, 0.4) is 0 Å². The van der Waals surface area contributed by atoms with Crippen LogP contribution in [0.5, 0.6) is 17.4 Å². The second kappa shape index (κ2) is 8.43. The molecule has 0 N–H and O–H groups in total. The topological polar surface area (TPSA) is 57.7 Å². The number of rotatable bonds is 6. The SMILES string of the molecule is COC(=O)C(C)Oc1ccc(Oc2ncc(C(F)(F)F)c(CF)c2Cl)cc1. The average molecular weight is 408 g/mol. The Kier molecular flexibility index (Phi) is 6.48. The van der Waals surface area contributed by atoms with Crippen molar-refractivity contribution in [3.63, 3.8) is 0 Å². The molecule has 2 rings (SSSR count). The second-order valence-corrected chi connectivity index (χ2v) is 5.64. The van der Waals surface area contributed by atoms with Gasteiger partial charge in [0.2, 0.25) is 5.88 Å². The minimum Gasteiger partial charge on any atom is -0.479 e. The quantitative estimate of drug-likeness (QED) is 0.500. The molecule has 0 aliphatic rings. The number of carbonyl (C=O) groups is 1. The minimum absolute atomic E-state index is 0.173. The number of hydrogen-bond acceptors (Lipinski definition) is 5. The van der Waals surface area contributed by atoms with Crippen molar-refractivity contribution in [1.29, 1.82) is 0 Å². The van der Waals surface area contributed by atoms with Crippen molar-refractivity contribution in [1.82, 2.24) is 4.98 Å². The van der Waals surface area contributed by atoms with E-state index in [4.69, 9.17) is 21.1 Å². The summed E-state index contributed by atoms with van der Waals surface area (Å²) in [7, 11) is 1.23. The minimum atomic E-state index is -4.79. The molecule has 0 radical (unpaired) electrons. The number of pyridine rings is 1. The molecule has 0 aliphatic heterocycles. The van der Waals surface area contributed by atoms with Gasteiger partial charge in [0.05, 0.1) is 12.7 Å². The smallest absolute Gasteiger partial charge is 0.418 e. The van der Waals surface area contributed by atoms with E-state index in [0.717, 1.165) is 0 Å². The van der Waals surface area contributed by atoms with E-state index in [-0.39, 0.29) is 11.6 Å². The first kappa shape index (κ1) is 20.8. The van der Waals surface area contributed by atoms with Crippen molar-refractivity contribution in [2.24, 2.45) is 0 Å². The Morgan fingerprint density at radius 2 is 1.81 bits per heavy atom. The number of ether oxygens (including phenoxy) is 3. The number of aromatic nitrogens is 1. The lowest BCUT2D eigenvalue weighted by Gasteiger charge is -2.15. The Balaban J connectivity index is 2.19. The van der Waals surface area contributed by atoms with Gasteiger partial charge in [0, 0.05) is 11.8 Å². The summed E-state index contributed by atoms with van der Waals surface area (Å²) in [4.78, 5) is 14.8. The molecule has 0 aliphatic carbocycles. The van der Waals surface area contributed by atoms with Crippen molar-refractivity contribution in [3.8, 4) is 17.4 Å². The first-order valence-corrected chi connectivity index (χ1v) is 7.88. The van der Waals surface area contributed by atoms with Crippen molar-refractivity contribution < 1.29 is 36.6 Å². The van der Waals surface area contributed by atoms with Crippen LogP contribution in [0.2, 0.25) is 5.02 Å².